The van der Waals surface area contributed by atoms with Crippen molar-refractivity contribution in [3.8, 4) is 0 Å². The molecule has 0 saturated carbocycles. The van der Waals surface area contributed by atoms with Crippen LogP contribution in [0, 0.1) is 0 Å². The van der Waals surface area contributed by atoms with Crippen LogP contribution < -0.4 is 5.56 Å². The zero-order chi connectivity index (χ0) is 16.3. The molecule has 1 heterocycles. The number of nitrogens with zero attached hydrogens (tertiary/aromatic N) is 1. The summed E-state index contributed by atoms with van der Waals surface area (Å²) in [7, 11) is 0. The molecule has 1 aromatic carbocycles. The van der Waals surface area contributed by atoms with E-state index in [0.717, 1.165) is 12.5 Å². The van der Waals surface area contributed by atoms with Crippen LogP contribution in [-0.2, 0) is 12.7 Å². The van der Waals surface area contributed by atoms with Gasteiger partial charge in [-0.1, -0.05) is 38.1 Å². The van der Waals surface area contributed by atoms with E-state index >= 15 is 0 Å². The van der Waals surface area contributed by atoms with E-state index in [2.05, 4.69) is 0 Å². The van der Waals surface area contributed by atoms with Crippen molar-refractivity contribution in [2.24, 2.45) is 0 Å². The van der Waals surface area contributed by atoms with Gasteiger partial charge in [-0.25, -0.2) is 0 Å². The van der Waals surface area contributed by atoms with Gasteiger partial charge in [0.25, 0.3) is 5.56 Å². The highest BCUT2D eigenvalue weighted by Gasteiger charge is 2.32. The van der Waals surface area contributed by atoms with Gasteiger partial charge >= 0.3 is 6.18 Å². The molecule has 2 nitrogen and oxygen atoms in total. The first kappa shape index (κ1) is 16.3. The van der Waals surface area contributed by atoms with Crippen LogP contribution in [0.1, 0.15) is 42.9 Å². The summed E-state index contributed by atoms with van der Waals surface area (Å²) in [4.78, 5) is 12.4. The van der Waals surface area contributed by atoms with Crippen molar-refractivity contribution >= 4 is 0 Å². The first-order chi connectivity index (χ1) is 10.3. The van der Waals surface area contributed by atoms with E-state index < -0.39 is 11.7 Å². The number of alkyl halides is 3. The summed E-state index contributed by atoms with van der Waals surface area (Å²) in [6, 6.07) is 8.80. The summed E-state index contributed by atoms with van der Waals surface area (Å²) in [5, 5.41) is 0. The van der Waals surface area contributed by atoms with Crippen LogP contribution in [0.25, 0.3) is 0 Å². The molecular formula is C17H18F3NO. The fourth-order valence-electron chi connectivity index (χ4n) is 2.39. The Morgan fingerprint density at radius 3 is 2.45 bits per heavy atom. The van der Waals surface area contributed by atoms with Gasteiger partial charge in [0, 0.05) is 11.8 Å². The molecule has 0 N–H and O–H groups in total. The van der Waals surface area contributed by atoms with Gasteiger partial charge in [-0.3, -0.25) is 4.79 Å². The fourth-order valence-corrected chi connectivity index (χ4v) is 2.39. The van der Waals surface area contributed by atoms with Crippen molar-refractivity contribution in [3.63, 3.8) is 0 Å². The molecule has 0 aliphatic carbocycles. The molecule has 0 saturated heterocycles. The normalized spacial score (nSPS) is 13.1. The van der Waals surface area contributed by atoms with E-state index in [9.17, 15) is 18.0 Å². The van der Waals surface area contributed by atoms with Crippen LogP contribution >= 0.6 is 0 Å². The third-order valence-corrected chi connectivity index (χ3v) is 3.86. The third kappa shape index (κ3) is 3.40. The molecule has 0 bridgehead atoms. The summed E-state index contributed by atoms with van der Waals surface area (Å²) in [5.41, 5.74) is -0.197. The highest BCUT2D eigenvalue weighted by molar-refractivity contribution is 5.30. The SMILES string of the molecule is CCC(C)c1cccn(Cc2ccccc2C(F)(F)F)c1=O. The van der Waals surface area contributed by atoms with Crippen LogP contribution in [0.2, 0.25) is 0 Å². The van der Waals surface area contributed by atoms with Gasteiger partial charge in [-0.05, 0) is 30.0 Å². The Morgan fingerprint density at radius 1 is 1.14 bits per heavy atom. The van der Waals surface area contributed by atoms with Crippen LogP contribution in [0.4, 0.5) is 13.2 Å². The summed E-state index contributed by atoms with van der Waals surface area (Å²) in [6.45, 7) is 3.82. The average Bonchev–Trinajstić information content (AvgIpc) is 2.48. The van der Waals surface area contributed by atoms with Gasteiger partial charge in [0.2, 0.25) is 0 Å². The minimum atomic E-state index is -4.42. The summed E-state index contributed by atoms with van der Waals surface area (Å²) >= 11 is 0. The topological polar surface area (TPSA) is 22.0 Å². The van der Waals surface area contributed by atoms with E-state index in [4.69, 9.17) is 0 Å². The number of aromatic nitrogens is 1. The quantitative estimate of drug-likeness (QED) is 0.819. The number of halogens is 3. The molecule has 0 aliphatic rings. The zero-order valence-corrected chi connectivity index (χ0v) is 12.5. The molecule has 0 amide bonds. The maximum Gasteiger partial charge on any atom is 0.416 e. The molecule has 0 aliphatic heterocycles. The monoisotopic (exact) mass is 309 g/mol. The van der Waals surface area contributed by atoms with E-state index in [1.54, 1.807) is 18.2 Å². The van der Waals surface area contributed by atoms with Crippen molar-refractivity contribution in [3.05, 3.63) is 69.6 Å². The Morgan fingerprint density at radius 2 is 1.82 bits per heavy atom. The van der Waals surface area contributed by atoms with Gasteiger partial charge in [0.1, 0.15) is 0 Å². The van der Waals surface area contributed by atoms with Crippen molar-refractivity contribution in [2.75, 3.05) is 0 Å². The van der Waals surface area contributed by atoms with E-state index in [1.807, 2.05) is 13.8 Å². The molecule has 118 valence electrons. The minimum Gasteiger partial charge on any atom is -0.311 e. The molecule has 2 aromatic rings. The molecule has 2 rings (SSSR count). The fraction of sp³-hybridized carbons (Fsp3) is 0.353. The second-order valence-electron chi connectivity index (χ2n) is 5.36. The molecule has 22 heavy (non-hydrogen) atoms. The molecule has 1 aromatic heterocycles. The number of benzene rings is 1. The number of pyridine rings is 1. The average molecular weight is 309 g/mol. The highest BCUT2D eigenvalue weighted by atomic mass is 19.4. The Balaban J connectivity index is 2.43. The lowest BCUT2D eigenvalue weighted by molar-refractivity contribution is -0.138. The molecule has 0 spiro atoms. The molecule has 1 atom stereocenters. The molecule has 1 unspecified atom stereocenters. The lowest BCUT2D eigenvalue weighted by Crippen LogP contribution is -2.25. The summed E-state index contributed by atoms with van der Waals surface area (Å²) in [6.07, 6.45) is -2.09. The Kier molecular flexibility index (Phi) is 4.74. The Hall–Kier alpha value is -2.04. The van der Waals surface area contributed by atoms with Crippen LogP contribution in [-0.4, -0.2) is 4.57 Å². The van der Waals surface area contributed by atoms with Crippen LogP contribution in [0.3, 0.4) is 0 Å². The summed E-state index contributed by atoms with van der Waals surface area (Å²) in [5.74, 6) is 0.0813. The summed E-state index contributed by atoms with van der Waals surface area (Å²) < 4.78 is 40.4. The van der Waals surface area contributed by atoms with Gasteiger partial charge in [-0.2, -0.15) is 13.2 Å². The van der Waals surface area contributed by atoms with E-state index in [1.165, 1.54) is 22.9 Å². The molecule has 5 heteroatoms. The maximum atomic E-state index is 13.0. The lowest BCUT2D eigenvalue weighted by Gasteiger charge is -2.15. The van der Waals surface area contributed by atoms with Gasteiger partial charge in [0.15, 0.2) is 0 Å². The van der Waals surface area contributed by atoms with E-state index in [0.29, 0.717) is 5.56 Å². The van der Waals surface area contributed by atoms with Crippen molar-refractivity contribution in [1.82, 2.24) is 4.57 Å². The first-order valence-electron chi connectivity index (χ1n) is 7.19. The van der Waals surface area contributed by atoms with Gasteiger partial charge in [0.05, 0.1) is 12.1 Å². The smallest absolute Gasteiger partial charge is 0.311 e. The van der Waals surface area contributed by atoms with E-state index in [-0.39, 0.29) is 23.6 Å². The van der Waals surface area contributed by atoms with Crippen LogP contribution in [0.15, 0.2) is 47.4 Å². The Labute approximate surface area is 127 Å². The predicted molar refractivity (Wildman–Crippen MR) is 80.0 cm³/mol. The van der Waals surface area contributed by atoms with Crippen molar-refractivity contribution < 1.29 is 13.2 Å². The second-order valence-corrected chi connectivity index (χ2v) is 5.36. The number of hydrogen-bond donors (Lipinski definition) is 0. The number of hydrogen-bond acceptors (Lipinski definition) is 1. The zero-order valence-electron chi connectivity index (χ0n) is 12.5. The molecule has 0 radical (unpaired) electrons. The number of rotatable bonds is 4. The van der Waals surface area contributed by atoms with Gasteiger partial charge < -0.3 is 4.57 Å². The predicted octanol–water partition coefficient (Wildman–Crippen LogP) is 4.43. The first-order valence-corrected chi connectivity index (χ1v) is 7.19. The largest absolute Gasteiger partial charge is 0.416 e. The highest BCUT2D eigenvalue weighted by Crippen LogP contribution is 2.32. The van der Waals surface area contributed by atoms with Crippen molar-refractivity contribution in [1.29, 1.82) is 0 Å². The second kappa shape index (κ2) is 6.38. The molecular weight excluding hydrogens is 291 g/mol. The third-order valence-electron chi connectivity index (χ3n) is 3.86. The lowest BCUT2D eigenvalue weighted by atomic mass is 10.00. The van der Waals surface area contributed by atoms with Crippen LogP contribution in [0.5, 0.6) is 0 Å². The Bertz CT molecular complexity index is 704. The molecule has 0 fully saturated rings. The minimum absolute atomic E-state index is 0.0813. The van der Waals surface area contributed by atoms with Gasteiger partial charge in [-0.15, -0.1) is 0 Å². The van der Waals surface area contributed by atoms with Crippen molar-refractivity contribution in [2.45, 2.75) is 38.9 Å². The standard InChI is InChI=1S/C17H18F3NO/c1-3-12(2)14-8-6-10-21(16(14)22)11-13-7-4-5-9-15(13)17(18,19)20/h4-10,12H,3,11H2,1-2H3. The maximum absolute atomic E-state index is 13.0.